The third kappa shape index (κ3) is 32.4. The number of rotatable bonds is 31. The van der Waals surface area contributed by atoms with Gasteiger partial charge in [-0.15, -0.1) is 0 Å². The number of aliphatic hydroxyl groups excluding tert-OH is 1. The summed E-state index contributed by atoms with van der Waals surface area (Å²) in [6.45, 7) is 24.6. The van der Waals surface area contributed by atoms with Crippen LogP contribution in [-0.2, 0) is 45.6 Å². The number of carbonyl (C=O) groups is 1. The molecule has 0 spiro atoms. The molecule has 284 valence electrons. The standard InChI is InChI=1S/C16H33NO6Si.C10H21NO4Si.C6H12O2/c1-5-19-13-9-10-14-20-16(18)17-12-11-15-24(21-6-2,22-7-3)23-8-4;1-4-13-16(14-5-2,15-6-3)9-7-8-11-10-12;1-2-8-6-4-3-5-7/h5H,1,6-15H2,2-4H3,(H,17,18);4-9H2,1-3H3;2,7H,1,3-6H2. The van der Waals surface area contributed by atoms with E-state index in [1.54, 1.807) is 0 Å². The highest BCUT2D eigenvalue weighted by Crippen LogP contribution is 2.19. The minimum atomic E-state index is -2.63. The lowest BCUT2D eigenvalue weighted by molar-refractivity contribution is 0.0700. The Balaban J connectivity index is -0.000000721. The number of ether oxygens (including phenoxy) is 3. The normalized spacial score (nSPS) is 10.7. The number of carbonyl (C=O) groups excluding carboxylic acids is 2. The summed E-state index contributed by atoms with van der Waals surface area (Å²) in [4.78, 5) is 25.0. The molecule has 0 heterocycles. The van der Waals surface area contributed by atoms with E-state index >= 15 is 0 Å². The van der Waals surface area contributed by atoms with Crippen molar-refractivity contribution in [2.75, 3.05) is 79.2 Å². The number of amides is 1. The van der Waals surface area contributed by atoms with Crippen LogP contribution in [0.4, 0.5) is 4.79 Å². The molecule has 2 N–H and O–H groups in total. The molecule has 16 heteroatoms. The fraction of sp³-hybridized carbons (Fsp3) is 0.812. The molecule has 0 bridgehead atoms. The Morgan fingerprint density at radius 3 is 1.50 bits per heavy atom. The van der Waals surface area contributed by atoms with Crippen LogP contribution in [0.2, 0.25) is 12.1 Å². The molecule has 0 aromatic rings. The third-order valence-electron chi connectivity index (χ3n) is 5.73. The summed E-state index contributed by atoms with van der Waals surface area (Å²) in [5, 5.41) is 11.0. The molecule has 0 unspecified atom stereocenters. The topological polar surface area (TPSA) is 162 Å². The lowest BCUT2D eigenvalue weighted by atomic mass is 10.3. The molecule has 0 aliphatic carbocycles. The second-order valence-corrected chi connectivity index (χ2v) is 14.9. The summed E-state index contributed by atoms with van der Waals surface area (Å²) < 4.78 is 49.1. The van der Waals surface area contributed by atoms with Crippen molar-refractivity contribution in [2.45, 2.75) is 92.2 Å². The first-order valence-electron chi connectivity index (χ1n) is 17.1. The summed E-state index contributed by atoms with van der Waals surface area (Å²) in [5.41, 5.74) is 0. The molecule has 48 heavy (non-hydrogen) atoms. The van der Waals surface area contributed by atoms with E-state index in [0.717, 1.165) is 32.1 Å². The molecule has 0 rings (SSSR count). The molecule has 0 atom stereocenters. The van der Waals surface area contributed by atoms with Crippen molar-refractivity contribution in [3.63, 3.8) is 0 Å². The number of hydrogen-bond acceptors (Lipinski definition) is 13. The van der Waals surface area contributed by atoms with Gasteiger partial charge in [-0.05, 0) is 80.1 Å². The third-order valence-corrected chi connectivity index (χ3v) is 12.0. The fourth-order valence-corrected chi connectivity index (χ4v) is 9.09. The highest BCUT2D eigenvalue weighted by atomic mass is 28.4. The summed E-state index contributed by atoms with van der Waals surface area (Å²) in [6.07, 6.45) is 8.68. The van der Waals surface area contributed by atoms with Gasteiger partial charge in [0.1, 0.15) is 0 Å². The van der Waals surface area contributed by atoms with Gasteiger partial charge in [0, 0.05) is 64.9 Å². The van der Waals surface area contributed by atoms with Crippen LogP contribution in [0.1, 0.15) is 80.1 Å². The number of unbranched alkanes of at least 4 members (excludes halogenated alkanes) is 2. The molecule has 0 aromatic carbocycles. The average Bonchev–Trinajstić information content (AvgIpc) is 3.07. The van der Waals surface area contributed by atoms with Gasteiger partial charge in [0.25, 0.3) is 0 Å². The van der Waals surface area contributed by atoms with Crippen molar-refractivity contribution in [3.8, 4) is 0 Å². The van der Waals surface area contributed by atoms with Gasteiger partial charge in [0.05, 0.1) is 38.9 Å². The molecule has 0 fully saturated rings. The Morgan fingerprint density at radius 2 is 1.10 bits per heavy atom. The molecular weight excluding hydrogens is 661 g/mol. The van der Waals surface area contributed by atoms with Gasteiger partial charge in [-0.3, -0.25) is 0 Å². The molecule has 0 saturated heterocycles. The van der Waals surface area contributed by atoms with Crippen molar-refractivity contribution < 1.29 is 55.5 Å². The number of alkyl carbamates (subject to hydrolysis) is 1. The smallest absolute Gasteiger partial charge is 0.500 e. The van der Waals surface area contributed by atoms with E-state index in [4.69, 9.17) is 45.9 Å². The second-order valence-electron chi connectivity index (χ2n) is 9.42. The monoisotopic (exact) mass is 726 g/mol. The van der Waals surface area contributed by atoms with E-state index in [0.29, 0.717) is 91.1 Å². The van der Waals surface area contributed by atoms with E-state index in [1.807, 2.05) is 41.5 Å². The molecule has 0 aromatic heterocycles. The maximum atomic E-state index is 11.6. The zero-order valence-electron chi connectivity index (χ0n) is 30.6. The summed E-state index contributed by atoms with van der Waals surface area (Å²) in [5.74, 6) is 0. The fourth-order valence-electron chi connectivity index (χ4n) is 3.89. The Bertz CT molecular complexity index is 743. The van der Waals surface area contributed by atoms with Crippen LogP contribution in [-0.4, -0.2) is 114 Å². The van der Waals surface area contributed by atoms with E-state index in [9.17, 15) is 9.59 Å². The molecule has 14 nitrogen and oxygen atoms in total. The highest BCUT2D eigenvalue weighted by molar-refractivity contribution is 6.61. The van der Waals surface area contributed by atoms with Crippen LogP contribution in [0.15, 0.2) is 30.7 Å². The number of hydrogen-bond donors (Lipinski definition) is 2. The van der Waals surface area contributed by atoms with E-state index in [-0.39, 0.29) is 6.61 Å². The quantitative estimate of drug-likeness (QED) is 0.0292. The zero-order valence-corrected chi connectivity index (χ0v) is 32.6. The number of aliphatic hydroxyl groups is 1. The lowest BCUT2D eigenvalue weighted by Crippen LogP contribution is -2.46. The van der Waals surface area contributed by atoms with Gasteiger partial charge in [-0.1, -0.05) is 13.2 Å². The summed E-state index contributed by atoms with van der Waals surface area (Å²) in [7, 11) is -5.16. The van der Waals surface area contributed by atoms with Gasteiger partial charge in [0.15, 0.2) is 0 Å². The van der Waals surface area contributed by atoms with Crippen LogP contribution >= 0.6 is 0 Å². The molecule has 0 aliphatic heterocycles. The highest BCUT2D eigenvalue weighted by Gasteiger charge is 2.40. The Kier molecular flexibility index (Phi) is 41.2. The average molecular weight is 727 g/mol. The predicted octanol–water partition coefficient (Wildman–Crippen LogP) is 5.77. The lowest BCUT2D eigenvalue weighted by Gasteiger charge is -2.28. The van der Waals surface area contributed by atoms with Gasteiger partial charge >= 0.3 is 23.7 Å². The van der Waals surface area contributed by atoms with Gasteiger partial charge < -0.3 is 51.2 Å². The Labute approximate surface area is 292 Å². The van der Waals surface area contributed by atoms with E-state index in [1.165, 1.54) is 18.6 Å². The number of aliphatic imine (C=N–C) groups is 1. The van der Waals surface area contributed by atoms with Crippen molar-refractivity contribution >= 4 is 29.8 Å². The largest absolute Gasteiger partial charge is 0.502 e. The first-order valence-corrected chi connectivity index (χ1v) is 21.0. The van der Waals surface area contributed by atoms with Gasteiger partial charge in [-0.2, -0.15) is 0 Å². The van der Waals surface area contributed by atoms with Crippen LogP contribution in [0.3, 0.4) is 0 Å². The maximum absolute atomic E-state index is 11.6. The van der Waals surface area contributed by atoms with E-state index < -0.39 is 23.7 Å². The number of nitrogens with zero attached hydrogens (tertiary/aromatic N) is 1. The summed E-state index contributed by atoms with van der Waals surface area (Å²) in [6, 6.07) is 1.36. The Hall–Kier alpha value is -2.12. The SMILES string of the molecule is C=COCCCCO.C=COCCCCOC(=O)NCCC[Si](OCC)(OCC)OCC.CCO[Si](CCCN=C=O)(OCC)OCC. The van der Waals surface area contributed by atoms with Gasteiger partial charge in [-0.25, -0.2) is 14.6 Å². The second kappa shape index (κ2) is 39.3. The first-order chi connectivity index (χ1) is 23.3. The van der Waals surface area contributed by atoms with Crippen molar-refractivity contribution in [3.05, 3.63) is 25.7 Å². The van der Waals surface area contributed by atoms with Crippen LogP contribution in [0, 0.1) is 0 Å². The van der Waals surface area contributed by atoms with Crippen LogP contribution < -0.4 is 5.32 Å². The zero-order chi connectivity index (χ0) is 36.6. The van der Waals surface area contributed by atoms with Crippen LogP contribution in [0.25, 0.3) is 0 Å². The molecular formula is C32H66N2O12Si2. The predicted molar refractivity (Wildman–Crippen MR) is 190 cm³/mol. The molecule has 0 saturated carbocycles. The minimum absolute atomic E-state index is 0.250. The minimum Gasteiger partial charge on any atom is -0.502 e. The molecule has 1 amide bonds. The van der Waals surface area contributed by atoms with Crippen molar-refractivity contribution in [2.24, 2.45) is 4.99 Å². The van der Waals surface area contributed by atoms with Crippen LogP contribution in [0.5, 0.6) is 0 Å². The summed E-state index contributed by atoms with van der Waals surface area (Å²) >= 11 is 0. The molecule has 0 radical (unpaired) electrons. The van der Waals surface area contributed by atoms with Crippen molar-refractivity contribution in [1.29, 1.82) is 0 Å². The maximum Gasteiger partial charge on any atom is 0.500 e. The molecule has 0 aliphatic rings. The van der Waals surface area contributed by atoms with Gasteiger partial charge in [0.2, 0.25) is 6.08 Å². The first kappa shape index (κ1) is 50.3. The van der Waals surface area contributed by atoms with E-state index in [2.05, 4.69) is 23.5 Å². The number of nitrogens with one attached hydrogen (secondary N) is 1. The Morgan fingerprint density at radius 1 is 0.688 bits per heavy atom. The van der Waals surface area contributed by atoms with Crippen molar-refractivity contribution in [1.82, 2.24) is 5.32 Å². The number of isocyanates is 1.